The van der Waals surface area contributed by atoms with Gasteiger partial charge in [0, 0.05) is 0 Å². The minimum atomic E-state index is -1.04. The number of amides is 1. The summed E-state index contributed by atoms with van der Waals surface area (Å²) in [5, 5.41) is 11.6. The Morgan fingerprint density at radius 2 is 2.16 bits per heavy atom. The van der Waals surface area contributed by atoms with E-state index in [1.54, 1.807) is 20.8 Å². The van der Waals surface area contributed by atoms with Crippen LogP contribution in [0.3, 0.4) is 0 Å². The van der Waals surface area contributed by atoms with Gasteiger partial charge in [-0.2, -0.15) is 0 Å². The molecule has 1 amide bonds. The van der Waals surface area contributed by atoms with Crippen molar-refractivity contribution in [3.63, 3.8) is 0 Å². The maximum absolute atomic E-state index is 11.6. The van der Waals surface area contributed by atoms with Gasteiger partial charge in [0.1, 0.15) is 11.6 Å². The van der Waals surface area contributed by atoms with Crippen LogP contribution in [0.2, 0.25) is 0 Å². The lowest BCUT2D eigenvalue weighted by Gasteiger charge is -2.22. The van der Waals surface area contributed by atoms with E-state index in [-0.39, 0.29) is 0 Å². The van der Waals surface area contributed by atoms with Crippen molar-refractivity contribution in [1.82, 2.24) is 5.32 Å². The first-order chi connectivity index (χ1) is 8.67. The molecule has 5 nitrogen and oxygen atoms in total. The third-order valence-electron chi connectivity index (χ3n) is 2.90. The molecule has 5 heteroatoms. The predicted octanol–water partition coefficient (Wildman–Crippen LogP) is 2.71. The monoisotopic (exact) mass is 269 g/mol. The van der Waals surface area contributed by atoms with Crippen LogP contribution in [0.25, 0.3) is 0 Å². The van der Waals surface area contributed by atoms with E-state index in [1.165, 1.54) is 0 Å². The highest BCUT2D eigenvalue weighted by molar-refractivity contribution is 5.80. The first-order valence-electron chi connectivity index (χ1n) is 6.59. The lowest BCUT2D eigenvalue weighted by atomic mass is 10.1. The lowest BCUT2D eigenvalue weighted by molar-refractivity contribution is -0.139. The minimum Gasteiger partial charge on any atom is -0.480 e. The van der Waals surface area contributed by atoms with E-state index >= 15 is 0 Å². The van der Waals surface area contributed by atoms with Crippen molar-refractivity contribution in [2.24, 2.45) is 5.92 Å². The summed E-state index contributed by atoms with van der Waals surface area (Å²) >= 11 is 0. The van der Waals surface area contributed by atoms with Crippen molar-refractivity contribution in [2.75, 3.05) is 0 Å². The molecular weight excluding hydrogens is 246 g/mol. The highest BCUT2D eigenvalue weighted by Gasteiger charge is 2.26. The Labute approximate surface area is 114 Å². The molecule has 2 N–H and O–H groups in total. The number of hydrogen-bond acceptors (Lipinski definition) is 3. The zero-order valence-corrected chi connectivity index (χ0v) is 12.0. The molecule has 108 valence electrons. The molecule has 0 aromatic heterocycles. The van der Waals surface area contributed by atoms with Crippen LogP contribution in [0, 0.1) is 5.92 Å². The highest BCUT2D eigenvalue weighted by atomic mass is 16.6. The third-order valence-corrected chi connectivity index (χ3v) is 2.90. The van der Waals surface area contributed by atoms with Crippen molar-refractivity contribution in [1.29, 1.82) is 0 Å². The van der Waals surface area contributed by atoms with Crippen LogP contribution < -0.4 is 5.32 Å². The molecule has 1 rings (SSSR count). The topological polar surface area (TPSA) is 75.6 Å². The molecule has 0 heterocycles. The molecule has 1 aliphatic carbocycles. The van der Waals surface area contributed by atoms with E-state index in [2.05, 4.69) is 18.3 Å². The normalized spacial score (nSPS) is 20.6. The van der Waals surface area contributed by atoms with Crippen molar-refractivity contribution < 1.29 is 19.4 Å². The maximum atomic E-state index is 11.6. The fraction of sp³-hybridized carbons (Fsp3) is 0.714. The summed E-state index contributed by atoms with van der Waals surface area (Å²) in [5.74, 6) is -0.544. The summed E-state index contributed by atoms with van der Waals surface area (Å²) in [6.45, 7) is 7.32. The Kier molecular flexibility index (Phi) is 4.97. The smallest absolute Gasteiger partial charge is 0.408 e. The SMILES string of the molecule is CC1C=C(C[C@H](NC(=O)OC(C)(C)C)C(=O)O)CC1. The highest BCUT2D eigenvalue weighted by Crippen LogP contribution is 2.26. The van der Waals surface area contributed by atoms with E-state index in [0.717, 1.165) is 18.4 Å². The molecule has 0 radical (unpaired) electrons. The van der Waals surface area contributed by atoms with Crippen LogP contribution in [0.1, 0.15) is 47.0 Å². The van der Waals surface area contributed by atoms with Gasteiger partial charge in [0.05, 0.1) is 0 Å². The van der Waals surface area contributed by atoms with Crippen molar-refractivity contribution in [3.8, 4) is 0 Å². The number of rotatable bonds is 4. The first-order valence-corrected chi connectivity index (χ1v) is 6.59. The summed E-state index contributed by atoms with van der Waals surface area (Å²) in [6, 6.07) is -0.925. The third kappa shape index (κ3) is 5.77. The van der Waals surface area contributed by atoms with Gasteiger partial charge in [-0.25, -0.2) is 9.59 Å². The average molecular weight is 269 g/mol. The molecule has 0 saturated heterocycles. The molecule has 0 aromatic carbocycles. The summed E-state index contributed by atoms with van der Waals surface area (Å²) in [5.41, 5.74) is 0.463. The fourth-order valence-corrected chi connectivity index (χ4v) is 2.06. The molecule has 19 heavy (non-hydrogen) atoms. The number of hydrogen-bond donors (Lipinski definition) is 2. The minimum absolute atomic E-state index is 0.346. The van der Waals surface area contributed by atoms with Crippen LogP contribution in [-0.2, 0) is 9.53 Å². The number of alkyl carbamates (subject to hydrolysis) is 1. The fourth-order valence-electron chi connectivity index (χ4n) is 2.06. The molecule has 0 bridgehead atoms. The Hall–Kier alpha value is -1.52. The van der Waals surface area contributed by atoms with Crippen LogP contribution in [0.15, 0.2) is 11.6 Å². The Morgan fingerprint density at radius 1 is 1.53 bits per heavy atom. The second kappa shape index (κ2) is 6.08. The zero-order chi connectivity index (χ0) is 14.6. The second-order valence-electron chi connectivity index (χ2n) is 6.08. The summed E-state index contributed by atoms with van der Waals surface area (Å²) < 4.78 is 5.07. The number of aliphatic carboxylic acids is 1. The number of carbonyl (C=O) groups excluding carboxylic acids is 1. The average Bonchev–Trinajstić information content (AvgIpc) is 2.60. The Morgan fingerprint density at radius 3 is 2.58 bits per heavy atom. The molecule has 0 aliphatic heterocycles. The standard InChI is InChI=1S/C14H23NO4/c1-9-5-6-10(7-9)8-11(12(16)17)15-13(18)19-14(2,3)4/h7,9,11H,5-6,8H2,1-4H3,(H,15,18)(H,16,17)/t9?,11-/m0/s1. The summed E-state index contributed by atoms with van der Waals surface area (Å²) in [4.78, 5) is 22.8. The van der Waals surface area contributed by atoms with Crippen LogP contribution in [0.5, 0.6) is 0 Å². The van der Waals surface area contributed by atoms with Crippen LogP contribution in [-0.4, -0.2) is 28.8 Å². The van der Waals surface area contributed by atoms with Crippen LogP contribution >= 0.6 is 0 Å². The van der Waals surface area contributed by atoms with Gasteiger partial charge in [-0.1, -0.05) is 18.6 Å². The van der Waals surface area contributed by atoms with E-state index in [9.17, 15) is 9.59 Å². The molecule has 0 fully saturated rings. The van der Waals surface area contributed by atoms with Crippen molar-refractivity contribution in [3.05, 3.63) is 11.6 Å². The van der Waals surface area contributed by atoms with Gasteiger partial charge < -0.3 is 15.2 Å². The molecule has 1 unspecified atom stereocenters. The number of carboxylic acid groups (broad SMARTS) is 1. The van der Waals surface area contributed by atoms with Gasteiger partial charge in [-0.3, -0.25) is 0 Å². The largest absolute Gasteiger partial charge is 0.480 e. The number of carbonyl (C=O) groups is 2. The number of ether oxygens (including phenoxy) is 1. The lowest BCUT2D eigenvalue weighted by Crippen LogP contribution is -2.43. The quantitative estimate of drug-likeness (QED) is 0.769. The maximum Gasteiger partial charge on any atom is 0.408 e. The first kappa shape index (κ1) is 15.5. The van der Waals surface area contributed by atoms with Gasteiger partial charge in [0.25, 0.3) is 0 Å². The zero-order valence-electron chi connectivity index (χ0n) is 12.0. The predicted molar refractivity (Wildman–Crippen MR) is 71.9 cm³/mol. The Bertz CT molecular complexity index is 381. The number of carboxylic acids is 1. The second-order valence-corrected chi connectivity index (χ2v) is 6.08. The number of allylic oxidation sites excluding steroid dienone is 1. The van der Waals surface area contributed by atoms with Gasteiger partial charge in [0.2, 0.25) is 0 Å². The molecule has 1 aliphatic rings. The van der Waals surface area contributed by atoms with Crippen LogP contribution in [0.4, 0.5) is 4.79 Å². The van der Waals surface area contributed by atoms with Gasteiger partial charge in [-0.15, -0.1) is 0 Å². The molecule has 0 spiro atoms. The summed E-state index contributed by atoms with van der Waals surface area (Å²) in [6.07, 6.45) is 3.70. The van der Waals surface area contributed by atoms with Gasteiger partial charge in [0.15, 0.2) is 0 Å². The van der Waals surface area contributed by atoms with Gasteiger partial charge >= 0.3 is 12.1 Å². The molecule has 0 saturated carbocycles. The van der Waals surface area contributed by atoms with Crippen molar-refractivity contribution in [2.45, 2.75) is 58.6 Å². The van der Waals surface area contributed by atoms with Gasteiger partial charge in [-0.05, 0) is 46.0 Å². The van der Waals surface area contributed by atoms with E-state index in [4.69, 9.17) is 9.84 Å². The molecule has 2 atom stereocenters. The van der Waals surface area contributed by atoms with Crippen molar-refractivity contribution >= 4 is 12.1 Å². The summed E-state index contributed by atoms with van der Waals surface area (Å²) in [7, 11) is 0. The molecule has 0 aromatic rings. The van der Waals surface area contributed by atoms with E-state index in [1.807, 2.05) is 0 Å². The Balaban J connectivity index is 2.56. The van der Waals surface area contributed by atoms with E-state index < -0.39 is 23.7 Å². The number of nitrogens with one attached hydrogen (secondary N) is 1. The molecular formula is C14H23NO4. The van der Waals surface area contributed by atoms with E-state index in [0.29, 0.717) is 12.3 Å².